The number of halogens is 3. The highest BCUT2D eigenvalue weighted by Gasteiger charge is 2.17. The lowest BCUT2D eigenvalue weighted by molar-refractivity contribution is 0.0601. The molecule has 2 aromatic carbocycles. The Morgan fingerprint density at radius 2 is 1.95 bits per heavy atom. The largest absolute Gasteiger partial charge is 0.465 e. The van der Waals surface area contributed by atoms with Crippen LogP contribution in [0.4, 0.5) is 10.1 Å². The van der Waals surface area contributed by atoms with Crippen molar-refractivity contribution < 1.29 is 18.7 Å². The second kappa shape index (κ2) is 6.20. The van der Waals surface area contributed by atoms with Crippen molar-refractivity contribution in [2.45, 2.75) is 0 Å². The lowest BCUT2D eigenvalue weighted by Gasteiger charge is -2.11. The molecule has 110 valence electrons. The summed E-state index contributed by atoms with van der Waals surface area (Å²) in [7, 11) is 1.19. The van der Waals surface area contributed by atoms with E-state index in [4.69, 9.17) is 33.7 Å². The Balaban J connectivity index is 2.44. The van der Waals surface area contributed by atoms with E-state index in [-0.39, 0.29) is 32.8 Å². The number of anilines is 1. The molecule has 2 aromatic rings. The van der Waals surface area contributed by atoms with Crippen molar-refractivity contribution in [3.8, 4) is 11.5 Å². The van der Waals surface area contributed by atoms with Crippen LogP contribution in [-0.4, -0.2) is 13.1 Å². The zero-order valence-electron chi connectivity index (χ0n) is 10.8. The molecule has 4 nitrogen and oxygen atoms in total. The molecule has 0 radical (unpaired) electrons. The molecular weight excluding hydrogens is 320 g/mol. The molecule has 0 aliphatic heterocycles. The second-order valence-electron chi connectivity index (χ2n) is 4.02. The van der Waals surface area contributed by atoms with Gasteiger partial charge in [-0.25, -0.2) is 9.18 Å². The molecule has 0 aliphatic rings. The van der Waals surface area contributed by atoms with Crippen molar-refractivity contribution in [1.29, 1.82) is 0 Å². The number of hydrogen-bond acceptors (Lipinski definition) is 4. The van der Waals surface area contributed by atoms with Gasteiger partial charge in [0, 0.05) is 17.8 Å². The SMILES string of the molecule is COC(=O)c1cc(Oc2cccc(Cl)c2Cl)c(F)cc1N. The van der Waals surface area contributed by atoms with E-state index in [9.17, 15) is 9.18 Å². The van der Waals surface area contributed by atoms with Crippen LogP contribution in [0.25, 0.3) is 0 Å². The van der Waals surface area contributed by atoms with Crippen molar-refractivity contribution in [2.24, 2.45) is 0 Å². The third-order valence-electron chi connectivity index (χ3n) is 2.65. The fraction of sp³-hybridized carbons (Fsp3) is 0.0714. The monoisotopic (exact) mass is 329 g/mol. The summed E-state index contributed by atoms with van der Waals surface area (Å²) in [6.07, 6.45) is 0. The Morgan fingerprint density at radius 1 is 1.24 bits per heavy atom. The maximum absolute atomic E-state index is 13.9. The molecule has 2 N–H and O–H groups in total. The summed E-state index contributed by atoms with van der Waals surface area (Å²) in [4.78, 5) is 11.5. The first-order valence-electron chi connectivity index (χ1n) is 5.73. The maximum Gasteiger partial charge on any atom is 0.340 e. The fourth-order valence-electron chi connectivity index (χ4n) is 1.62. The molecule has 0 aromatic heterocycles. The Bertz CT molecular complexity index is 707. The standard InChI is InChI=1S/C14H10Cl2FNO3/c1-20-14(19)7-5-12(9(17)6-10(7)18)21-11-4-2-3-8(15)13(11)16/h2-6H,18H2,1H3. The summed E-state index contributed by atoms with van der Waals surface area (Å²) in [6.45, 7) is 0. The van der Waals surface area contributed by atoms with Crippen molar-refractivity contribution in [1.82, 2.24) is 0 Å². The highest BCUT2D eigenvalue weighted by Crippen LogP contribution is 2.36. The molecule has 0 atom stereocenters. The van der Waals surface area contributed by atoms with Crippen LogP contribution in [0.5, 0.6) is 11.5 Å². The van der Waals surface area contributed by atoms with Crippen LogP contribution >= 0.6 is 23.2 Å². The molecule has 7 heteroatoms. The summed E-state index contributed by atoms with van der Waals surface area (Å²) in [5.74, 6) is -1.50. The fourth-order valence-corrected chi connectivity index (χ4v) is 1.95. The van der Waals surface area contributed by atoms with Crippen molar-refractivity contribution in [3.05, 3.63) is 51.8 Å². The van der Waals surface area contributed by atoms with Crippen LogP contribution in [0.2, 0.25) is 10.0 Å². The number of ether oxygens (including phenoxy) is 2. The molecule has 0 amide bonds. The van der Waals surface area contributed by atoms with Gasteiger partial charge in [-0.15, -0.1) is 0 Å². The van der Waals surface area contributed by atoms with Crippen molar-refractivity contribution in [3.63, 3.8) is 0 Å². The first-order valence-corrected chi connectivity index (χ1v) is 6.49. The number of benzene rings is 2. The van der Waals surface area contributed by atoms with Crippen LogP contribution in [0.1, 0.15) is 10.4 Å². The van der Waals surface area contributed by atoms with Gasteiger partial charge in [0.25, 0.3) is 0 Å². The van der Waals surface area contributed by atoms with Crippen LogP contribution in [0, 0.1) is 5.82 Å². The highest BCUT2D eigenvalue weighted by atomic mass is 35.5. The van der Waals surface area contributed by atoms with Crippen LogP contribution in [-0.2, 0) is 4.74 Å². The maximum atomic E-state index is 13.9. The van der Waals surface area contributed by atoms with E-state index in [0.717, 1.165) is 12.1 Å². The quantitative estimate of drug-likeness (QED) is 0.673. The normalized spacial score (nSPS) is 10.3. The first-order chi connectivity index (χ1) is 9.93. The zero-order chi connectivity index (χ0) is 15.6. The minimum atomic E-state index is -0.740. The number of esters is 1. The van der Waals surface area contributed by atoms with E-state index >= 15 is 0 Å². The average Bonchev–Trinajstić information content (AvgIpc) is 2.45. The van der Waals surface area contributed by atoms with Gasteiger partial charge in [-0.2, -0.15) is 0 Å². The highest BCUT2D eigenvalue weighted by molar-refractivity contribution is 6.42. The van der Waals surface area contributed by atoms with E-state index in [2.05, 4.69) is 4.74 Å². The minimum absolute atomic E-state index is 0.00736. The van der Waals surface area contributed by atoms with E-state index in [0.29, 0.717) is 0 Å². The number of nitrogens with two attached hydrogens (primary N) is 1. The number of carbonyl (C=O) groups is 1. The summed E-state index contributed by atoms with van der Waals surface area (Å²) in [5, 5.41) is 0.397. The van der Waals surface area contributed by atoms with Crippen LogP contribution in [0.15, 0.2) is 30.3 Å². The van der Waals surface area contributed by atoms with Gasteiger partial charge in [0.05, 0.1) is 17.7 Å². The predicted octanol–water partition coefficient (Wildman–Crippen LogP) is 4.29. The molecule has 0 bridgehead atoms. The number of rotatable bonds is 3. The number of carbonyl (C=O) groups excluding carboxylic acids is 1. The van der Waals surface area contributed by atoms with Gasteiger partial charge >= 0.3 is 5.97 Å². The van der Waals surface area contributed by atoms with E-state index in [1.807, 2.05) is 0 Å². The molecular formula is C14H10Cl2FNO3. The predicted molar refractivity (Wildman–Crippen MR) is 78.7 cm³/mol. The van der Waals surface area contributed by atoms with E-state index in [1.54, 1.807) is 12.1 Å². The smallest absolute Gasteiger partial charge is 0.340 e. The summed E-state index contributed by atoms with van der Waals surface area (Å²) >= 11 is 11.8. The number of nitrogen functional groups attached to an aromatic ring is 1. The third kappa shape index (κ3) is 3.20. The molecule has 0 spiro atoms. The lowest BCUT2D eigenvalue weighted by atomic mass is 10.1. The Kier molecular flexibility index (Phi) is 4.55. The van der Waals surface area contributed by atoms with Crippen molar-refractivity contribution in [2.75, 3.05) is 12.8 Å². The third-order valence-corrected chi connectivity index (χ3v) is 3.45. The van der Waals surface area contributed by atoms with E-state index < -0.39 is 11.8 Å². The molecule has 2 rings (SSSR count). The molecule has 0 aliphatic carbocycles. The topological polar surface area (TPSA) is 61.5 Å². The average molecular weight is 330 g/mol. The molecule has 0 heterocycles. The second-order valence-corrected chi connectivity index (χ2v) is 4.80. The van der Waals surface area contributed by atoms with Gasteiger partial charge in [-0.05, 0) is 12.1 Å². The van der Waals surface area contributed by atoms with Gasteiger partial charge in [-0.3, -0.25) is 0 Å². The van der Waals surface area contributed by atoms with Crippen molar-refractivity contribution >= 4 is 34.9 Å². The van der Waals surface area contributed by atoms with E-state index in [1.165, 1.54) is 13.2 Å². The summed E-state index contributed by atoms with van der Waals surface area (Å²) in [6, 6.07) is 6.80. The Morgan fingerprint density at radius 3 is 2.62 bits per heavy atom. The molecule has 21 heavy (non-hydrogen) atoms. The molecule has 0 fully saturated rings. The minimum Gasteiger partial charge on any atom is -0.465 e. The number of methoxy groups -OCH3 is 1. The molecule has 0 saturated heterocycles. The lowest BCUT2D eigenvalue weighted by Crippen LogP contribution is -2.07. The first kappa shape index (κ1) is 15.4. The molecule has 0 saturated carbocycles. The zero-order valence-corrected chi connectivity index (χ0v) is 12.3. The van der Waals surface area contributed by atoms with Gasteiger partial charge in [-0.1, -0.05) is 29.3 Å². The Hall–Kier alpha value is -1.98. The van der Waals surface area contributed by atoms with Gasteiger partial charge < -0.3 is 15.2 Å². The Labute approximate surface area is 130 Å². The van der Waals surface area contributed by atoms with Crippen LogP contribution < -0.4 is 10.5 Å². The van der Waals surface area contributed by atoms with Gasteiger partial charge in [0.15, 0.2) is 11.6 Å². The van der Waals surface area contributed by atoms with Gasteiger partial charge in [0.1, 0.15) is 10.8 Å². The summed E-state index contributed by atoms with van der Waals surface area (Å²) in [5.41, 5.74) is 5.51. The van der Waals surface area contributed by atoms with Crippen LogP contribution in [0.3, 0.4) is 0 Å². The number of hydrogen-bond donors (Lipinski definition) is 1. The van der Waals surface area contributed by atoms with Gasteiger partial charge in [0.2, 0.25) is 0 Å². The molecule has 0 unspecified atom stereocenters. The summed E-state index contributed by atoms with van der Waals surface area (Å²) < 4.78 is 23.8.